The summed E-state index contributed by atoms with van der Waals surface area (Å²) in [5.41, 5.74) is 0.352. The van der Waals surface area contributed by atoms with E-state index in [9.17, 15) is 19.5 Å². The van der Waals surface area contributed by atoms with Crippen LogP contribution in [0, 0.1) is 0 Å². The molecule has 2 amide bonds. The zero-order valence-electron chi connectivity index (χ0n) is 17.4. The molecule has 0 atom stereocenters. The fraction of sp³-hybridized carbons (Fsp3) is 0.400. The molecule has 2 aromatic rings. The molecule has 0 fully saturated rings. The van der Waals surface area contributed by atoms with Gasteiger partial charge < -0.3 is 24.5 Å². The lowest BCUT2D eigenvalue weighted by Gasteiger charge is -2.09. The number of nitrogens with one attached hydrogen (secondary N) is 1. The maximum absolute atomic E-state index is 12.8. The predicted molar refractivity (Wildman–Crippen MR) is 111 cm³/mol. The number of thiazole rings is 1. The number of ether oxygens (including phenoxy) is 2. The molecule has 0 aliphatic carbocycles. The Bertz CT molecular complexity index is 1010. The van der Waals surface area contributed by atoms with Crippen molar-refractivity contribution in [1.82, 2.24) is 9.88 Å². The topological polar surface area (TPSA) is 119 Å². The van der Waals surface area contributed by atoms with Crippen LogP contribution in [0.2, 0.25) is 0 Å². The minimum atomic E-state index is -1.08. The Morgan fingerprint density at radius 1 is 1.23 bits per heavy atom. The van der Waals surface area contributed by atoms with Crippen molar-refractivity contribution in [2.45, 2.75) is 33.2 Å². The SMILES string of the molecule is CCc1sc(=NC(=O)c2ccc(OC)cc2OC)n(CCCNC(C)=O)c1C(=O)O. The molecule has 2 rings (SSSR count). The van der Waals surface area contributed by atoms with Crippen LogP contribution in [0.4, 0.5) is 0 Å². The van der Waals surface area contributed by atoms with Crippen molar-refractivity contribution in [2.24, 2.45) is 4.99 Å². The molecule has 2 N–H and O–H groups in total. The number of carbonyl (C=O) groups excluding carboxylic acids is 2. The Hall–Kier alpha value is -3.14. The molecular weight excluding hydrogens is 410 g/mol. The van der Waals surface area contributed by atoms with Crippen LogP contribution >= 0.6 is 11.3 Å². The lowest BCUT2D eigenvalue weighted by Crippen LogP contribution is -2.26. The lowest BCUT2D eigenvalue weighted by atomic mass is 10.2. The van der Waals surface area contributed by atoms with Gasteiger partial charge in [0.25, 0.3) is 5.91 Å². The molecule has 10 heteroatoms. The molecule has 0 radical (unpaired) electrons. The van der Waals surface area contributed by atoms with E-state index in [2.05, 4.69) is 10.3 Å². The fourth-order valence-corrected chi connectivity index (χ4v) is 3.93. The smallest absolute Gasteiger partial charge is 0.353 e. The van der Waals surface area contributed by atoms with Gasteiger partial charge in [-0.3, -0.25) is 9.59 Å². The monoisotopic (exact) mass is 435 g/mol. The first-order chi connectivity index (χ1) is 14.3. The summed E-state index contributed by atoms with van der Waals surface area (Å²) in [5, 5.41) is 12.4. The van der Waals surface area contributed by atoms with Gasteiger partial charge in [-0.1, -0.05) is 6.92 Å². The second kappa shape index (κ2) is 10.6. The van der Waals surface area contributed by atoms with Crippen molar-refractivity contribution in [3.63, 3.8) is 0 Å². The first-order valence-corrected chi connectivity index (χ1v) is 10.1. The lowest BCUT2D eigenvalue weighted by molar-refractivity contribution is -0.118. The summed E-state index contributed by atoms with van der Waals surface area (Å²) < 4.78 is 11.9. The molecule has 0 aliphatic heterocycles. The van der Waals surface area contributed by atoms with Crippen LogP contribution in [0.3, 0.4) is 0 Å². The first-order valence-electron chi connectivity index (χ1n) is 9.33. The Morgan fingerprint density at radius 2 is 1.97 bits per heavy atom. The number of methoxy groups -OCH3 is 2. The van der Waals surface area contributed by atoms with Crippen LogP contribution in [0.15, 0.2) is 23.2 Å². The summed E-state index contributed by atoms with van der Waals surface area (Å²) in [6.07, 6.45) is 0.987. The molecule has 0 aliphatic rings. The van der Waals surface area contributed by atoms with Gasteiger partial charge >= 0.3 is 5.97 Å². The van der Waals surface area contributed by atoms with Crippen molar-refractivity contribution in [3.8, 4) is 11.5 Å². The van der Waals surface area contributed by atoms with Crippen LogP contribution in [-0.2, 0) is 17.8 Å². The number of hydrogen-bond donors (Lipinski definition) is 2. The van der Waals surface area contributed by atoms with Crippen molar-refractivity contribution in [3.05, 3.63) is 39.1 Å². The van der Waals surface area contributed by atoms with Crippen LogP contribution in [-0.4, -0.2) is 48.2 Å². The molecule has 0 unspecified atom stereocenters. The largest absolute Gasteiger partial charge is 0.497 e. The van der Waals surface area contributed by atoms with E-state index in [1.54, 1.807) is 18.2 Å². The number of aryl methyl sites for hydroxylation is 1. The molecule has 0 spiro atoms. The number of benzene rings is 1. The average Bonchev–Trinajstić information content (AvgIpc) is 3.07. The molecule has 0 saturated carbocycles. The van der Waals surface area contributed by atoms with Crippen LogP contribution in [0.25, 0.3) is 0 Å². The van der Waals surface area contributed by atoms with Gasteiger partial charge in [0.05, 0.1) is 19.8 Å². The maximum atomic E-state index is 12.8. The fourth-order valence-electron chi connectivity index (χ4n) is 2.85. The highest BCUT2D eigenvalue weighted by Crippen LogP contribution is 2.25. The molecule has 0 saturated heterocycles. The van der Waals surface area contributed by atoms with Gasteiger partial charge in [-0.15, -0.1) is 11.3 Å². The number of carboxylic acids is 1. The van der Waals surface area contributed by atoms with E-state index in [0.717, 1.165) is 11.3 Å². The summed E-state index contributed by atoms with van der Waals surface area (Å²) in [4.78, 5) is 40.8. The molecule has 1 aromatic heterocycles. The van der Waals surface area contributed by atoms with Crippen LogP contribution in [0.1, 0.15) is 46.0 Å². The number of nitrogens with zero attached hydrogens (tertiary/aromatic N) is 2. The molecular formula is C20H25N3O6S. The third-order valence-electron chi connectivity index (χ3n) is 4.27. The number of carbonyl (C=O) groups is 3. The van der Waals surface area contributed by atoms with E-state index in [-0.39, 0.29) is 22.0 Å². The summed E-state index contributed by atoms with van der Waals surface area (Å²) in [7, 11) is 2.95. The number of aromatic nitrogens is 1. The van der Waals surface area contributed by atoms with E-state index >= 15 is 0 Å². The molecule has 162 valence electrons. The third kappa shape index (κ3) is 5.47. The average molecular weight is 436 g/mol. The van der Waals surface area contributed by atoms with Crippen molar-refractivity contribution in [1.29, 1.82) is 0 Å². The maximum Gasteiger partial charge on any atom is 0.353 e. The summed E-state index contributed by atoms with van der Waals surface area (Å²) >= 11 is 1.16. The Balaban J connectivity index is 2.48. The number of rotatable bonds is 9. The third-order valence-corrected chi connectivity index (χ3v) is 5.49. The molecule has 30 heavy (non-hydrogen) atoms. The predicted octanol–water partition coefficient (Wildman–Crippen LogP) is 2.09. The second-order valence-electron chi connectivity index (χ2n) is 6.29. The second-order valence-corrected chi connectivity index (χ2v) is 7.35. The summed E-state index contributed by atoms with van der Waals surface area (Å²) in [6.45, 7) is 3.94. The van der Waals surface area contributed by atoms with Crippen molar-refractivity contribution < 1.29 is 29.0 Å². The van der Waals surface area contributed by atoms with Gasteiger partial charge in [0.2, 0.25) is 5.91 Å². The Labute approximate surface area is 178 Å². The van der Waals surface area contributed by atoms with Crippen molar-refractivity contribution >= 4 is 29.1 Å². The summed E-state index contributed by atoms with van der Waals surface area (Å²) in [6, 6.07) is 4.76. The Kier molecular flexibility index (Phi) is 8.16. The molecule has 1 aromatic carbocycles. The van der Waals surface area contributed by atoms with Crippen LogP contribution < -0.4 is 19.6 Å². The van der Waals surface area contributed by atoms with Gasteiger partial charge in [-0.05, 0) is 25.0 Å². The number of amides is 2. The minimum absolute atomic E-state index is 0.110. The number of hydrogen-bond acceptors (Lipinski definition) is 6. The van der Waals surface area contributed by atoms with Crippen LogP contribution in [0.5, 0.6) is 11.5 Å². The minimum Gasteiger partial charge on any atom is -0.497 e. The molecule has 1 heterocycles. The summed E-state index contributed by atoms with van der Waals surface area (Å²) in [5.74, 6) is -0.950. The van der Waals surface area contributed by atoms with E-state index in [1.165, 1.54) is 25.7 Å². The highest BCUT2D eigenvalue weighted by molar-refractivity contribution is 7.09. The molecule has 9 nitrogen and oxygen atoms in total. The zero-order chi connectivity index (χ0) is 22.3. The first kappa shape index (κ1) is 23.1. The van der Waals surface area contributed by atoms with E-state index in [4.69, 9.17) is 9.47 Å². The quantitative estimate of drug-likeness (QED) is 0.582. The number of carboxylic acid groups (broad SMARTS) is 1. The van der Waals surface area contributed by atoms with Gasteiger partial charge in [0.15, 0.2) is 4.80 Å². The van der Waals surface area contributed by atoms with E-state index < -0.39 is 11.9 Å². The Morgan fingerprint density at radius 3 is 2.53 bits per heavy atom. The van der Waals surface area contributed by atoms with E-state index in [0.29, 0.717) is 42.3 Å². The van der Waals surface area contributed by atoms with Gasteiger partial charge in [-0.2, -0.15) is 4.99 Å². The highest BCUT2D eigenvalue weighted by atomic mass is 32.1. The van der Waals surface area contributed by atoms with Crippen molar-refractivity contribution in [2.75, 3.05) is 20.8 Å². The molecule has 0 bridgehead atoms. The van der Waals surface area contributed by atoms with Gasteiger partial charge in [-0.25, -0.2) is 4.79 Å². The van der Waals surface area contributed by atoms with Gasteiger partial charge in [0, 0.05) is 31.0 Å². The van der Waals surface area contributed by atoms with Gasteiger partial charge in [0.1, 0.15) is 17.2 Å². The highest BCUT2D eigenvalue weighted by Gasteiger charge is 2.20. The zero-order valence-corrected chi connectivity index (χ0v) is 18.2. The normalized spacial score (nSPS) is 11.3. The van der Waals surface area contributed by atoms with E-state index in [1.807, 2.05) is 6.92 Å². The standard InChI is InChI=1S/C20H25N3O6S/c1-5-16-17(19(26)27)23(10-6-9-21-12(2)24)20(30-16)22-18(25)14-8-7-13(28-3)11-15(14)29-4/h7-8,11H,5-6,9-10H2,1-4H3,(H,21,24)(H,26,27). The number of aromatic carboxylic acids is 1.